The molecule has 0 fully saturated rings. The largest absolute Gasteiger partial charge is 0.235 e. The number of halogens is 2. The van der Waals surface area contributed by atoms with Gasteiger partial charge in [0.15, 0.2) is 10.8 Å². The Balaban J connectivity index is 1.87. The van der Waals surface area contributed by atoms with Gasteiger partial charge in [-0.3, -0.25) is 0 Å². The summed E-state index contributed by atoms with van der Waals surface area (Å²) in [5.74, 6) is 0.655. The number of thiophene rings is 1. The molecule has 0 unspecified atom stereocenters. The van der Waals surface area contributed by atoms with Crippen molar-refractivity contribution in [2.45, 2.75) is 0 Å². The van der Waals surface area contributed by atoms with Crippen molar-refractivity contribution in [3.8, 4) is 21.3 Å². The summed E-state index contributed by atoms with van der Waals surface area (Å²) in [5, 5.41) is 16.9. The number of hydrogen-bond donors (Lipinski definition) is 0. The van der Waals surface area contributed by atoms with Crippen LogP contribution in [0.15, 0.2) is 35.7 Å². The molecule has 0 saturated carbocycles. The highest BCUT2D eigenvalue weighted by atomic mass is 35.5. The van der Waals surface area contributed by atoms with Gasteiger partial charge in [-0.15, -0.1) is 21.5 Å². The predicted octanol–water partition coefficient (Wildman–Crippen LogP) is 4.89. The number of hydrogen-bond acceptors (Lipinski definition) is 5. The quantitative estimate of drug-likeness (QED) is 0.515. The van der Waals surface area contributed by atoms with E-state index in [-0.39, 0.29) is 0 Å². The molecule has 0 atom stereocenters. The van der Waals surface area contributed by atoms with Crippen molar-refractivity contribution >= 4 is 50.8 Å². The highest BCUT2D eigenvalue weighted by Gasteiger charge is 2.15. The third kappa shape index (κ3) is 2.24. The van der Waals surface area contributed by atoms with Crippen LogP contribution in [0.25, 0.3) is 26.2 Å². The maximum absolute atomic E-state index is 6.06. The van der Waals surface area contributed by atoms with E-state index in [4.69, 9.17) is 23.2 Å². The lowest BCUT2D eigenvalue weighted by Crippen LogP contribution is -1.90. The molecule has 1 aromatic carbocycles. The van der Waals surface area contributed by atoms with Gasteiger partial charge in [0, 0.05) is 5.56 Å². The molecular formula is C13H6Cl2N4S2. The van der Waals surface area contributed by atoms with Crippen molar-refractivity contribution in [3.63, 3.8) is 0 Å². The third-order valence-electron chi connectivity index (χ3n) is 2.90. The Bertz CT molecular complexity index is 927. The van der Waals surface area contributed by atoms with Gasteiger partial charge in [-0.25, -0.2) is 0 Å². The van der Waals surface area contributed by atoms with E-state index in [1.54, 1.807) is 28.0 Å². The van der Waals surface area contributed by atoms with E-state index < -0.39 is 0 Å². The lowest BCUT2D eigenvalue weighted by Gasteiger charge is -1.99. The van der Waals surface area contributed by atoms with Crippen LogP contribution in [0.2, 0.25) is 10.0 Å². The summed E-state index contributed by atoms with van der Waals surface area (Å²) in [6, 6.07) is 9.41. The fraction of sp³-hybridized carbons (Fsp3) is 0. The predicted molar refractivity (Wildman–Crippen MR) is 87.4 cm³/mol. The van der Waals surface area contributed by atoms with Gasteiger partial charge in [-0.2, -0.15) is 9.61 Å². The zero-order valence-electron chi connectivity index (χ0n) is 10.3. The minimum Gasteiger partial charge on any atom is -0.182 e. The van der Waals surface area contributed by atoms with Crippen LogP contribution in [0.4, 0.5) is 0 Å². The van der Waals surface area contributed by atoms with E-state index in [1.165, 1.54) is 11.3 Å². The molecule has 104 valence electrons. The average molecular weight is 353 g/mol. The van der Waals surface area contributed by atoms with E-state index in [2.05, 4.69) is 15.3 Å². The molecule has 3 aromatic heterocycles. The molecule has 21 heavy (non-hydrogen) atoms. The molecule has 0 amide bonds. The van der Waals surface area contributed by atoms with Crippen molar-refractivity contribution in [3.05, 3.63) is 45.8 Å². The Morgan fingerprint density at radius 3 is 2.71 bits per heavy atom. The molecule has 0 spiro atoms. The summed E-state index contributed by atoms with van der Waals surface area (Å²) in [5.41, 5.74) is 0.833. The summed E-state index contributed by atoms with van der Waals surface area (Å²) in [6.45, 7) is 0. The van der Waals surface area contributed by atoms with Gasteiger partial charge in [-0.1, -0.05) is 40.6 Å². The second kappa shape index (κ2) is 5.06. The Morgan fingerprint density at radius 1 is 1.05 bits per heavy atom. The number of benzene rings is 1. The fourth-order valence-electron chi connectivity index (χ4n) is 1.93. The first-order valence-electron chi connectivity index (χ1n) is 5.94. The van der Waals surface area contributed by atoms with Crippen LogP contribution in [0, 0.1) is 0 Å². The van der Waals surface area contributed by atoms with Crippen LogP contribution in [0.3, 0.4) is 0 Å². The van der Waals surface area contributed by atoms with Crippen molar-refractivity contribution < 1.29 is 0 Å². The molecule has 8 heteroatoms. The van der Waals surface area contributed by atoms with Crippen molar-refractivity contribution in [1.82, 2.24) is 19.8 Å². The molecule has 4 rings (SSSR count). The SMILES string of the molecule is Clc1ccc(-c2nnc3sc(-c4cccs4)nn23)cc1Cl. The average Bonchev–Trinajstić information content (AvgIpc) is 3.15. The van der Waals surface area contributed by atoms with Crippen LogP contribution in [-0.2, 0) is 0 Å². The summed E-state index contributed by atoms with van der Waals surface area (Å²) >= 11 is 15.2. The van der Waals surface area contributed by atoms with E-state index in [0.29, 0.717) is 15.9 Å². The molecule has 4 aromatic rings. The molecule has 0 aliphatic rings. The summed E-state index contributed by atoms with van der Waals surface area (Å²) in [4.78, 5) is 1.87. The van der Waals surface area contributed by atoms with E-state index in [0.717, 1.165) is 20.4 Å². The van der Waals surface area contributed by atoms with Gasteiger partial charge in [0.25, 0.3) is 0 Å². The normalized spacial score (nSPS) is 11.3. The minimum absolute atomic E-state index is 0.486. The molecule has 0 N–H and O–H groups in total. The Labute approximate surface area is 137 Å². The molecule has 0 aliphatic heterocycles. The smallest absolute Gasteiger partial charge is 0.182 e. The fourth-order valence-corrected chi connectivity index (χ4v) is 3.86. The number of nitrogens with zero attached hydrogens (tertiary/aromatic N) is 4. The van der Waals surface area contributed by atoms with Gasteiger partial charge in [0.2, 0.25) is 4.96 Å². The van der Waals surface area contributed by atoms with Crippen molar-refractivity contribution in [1.29, 1.82) is 0 Å². The highest BCUT2D eigenvalue weighted by Crippen LogP contribution is 2.32. The third-order valence-corrected chi connectivity index (χ3v) is 5.58. The van der Waals surface area contributed by atoms with Crippen LogP contribution in [-0.4, -0.2) is 19.8 Å². The van der Waals surface area contributed by atoms with Crippen molar-refractivity contribution in [2.24, 2.45) is 0 Å². The van der Waals surface area contributed by atoms with Crippen molar-refractivity contribution in [2.75, 3.05) is 0 Å². The molecular weight excluding hydrogens is 347 g/mol. The maximum Gasteiger partial charge on any atom is 0.235 e. The Kier molecular flexibility index (Phi) is 3.19. The van der Waals surface area contributed by atoms with Crippen LogP contribution in [0.5, 0.6) is 0 Å². The molecule has 0 aliphatic carbocycles. The zero-order valence-corrected chi connectivity index (χ0v) is 13.5. The minimum atomic E-state index is 0.486. The van der Waals surface area contributed by atoms with E-state index >= 15 is 0 Å². The highest BCUT2D eigenvalue weighted by molar-refractivity contribution is 7.23. The lowest BCUT2D eigenvalue weighted by atomic mass is 10.2. The standard InChI is InChI=1S/C13H6Cl2N4S2/c14-8-4-3-7(6-9(8)15)11-16-17-13-19(11)18-12(21-13)10-2-1-5-20-10/h1-6H. The lowest BCUT2D eigenvalue weighted by molar-refractivity contribution is 0.972. The first-order chi connectivity index (χ1) is 10.2. The van der Waals surface area contributed by atoms with Gasteiger partial charge < -0.3 is 0 Å². The Morgan fingerprint density at radius 2 is 1.95 bits per heavy atom. The molecule has 0 bridgehead atoms. The molecule has 0 saturated heterocycles. The summed E-state index contributed by atoms with van der Waals surface area (Å²) in [6.07, 6.45) is 0. The van der Waals surface area contributed by atoms with E-state index in [1.807, 2.05) is 23.6 Å². The molecule has 3 heterocycles. The number of aromatic nitrogens is 4. The van der Waals surface area contributed by atoms with Crippen LogP contribution >= 0.6 is 45.9 Å². The summed E-state index contributed by atoms with van der Waals surface area (Å²) in [7, 11) is 0. The number of fused-ring (bicyclic) bond motifs is 1. The van der Waals surface area contributed by atoms with Crippen LogP contribution in [0.1, 0.15) is 0 Å². The monoisotopic (exact) mass is 352 g/mol. The second-order valence-corrected chi connectivity index (χ2v) is 6.95. The molecule has 4 nitrogen and oxygen atoms in total. The Hall–Kier alpha value is -1.47. The van der Waals surface area contributed by atoms with E-state index in [9.17, 15) is 0 Å². The maximum atomic E-state index is 6.06. The first-order valence-corrected chi connectivity index (χ1v) is 8.39. The zero-order chi connectivity index (χ0) is 14.4. The van der Waals surface area contributed by atoms with Gasteiger partial charge >= 0.3 is 0 Å². The number of rotatable bonds is 2. The van der Waals surface area contributed by atoms with Gasteiger partial charge in [0.1, 0.15) is 0 Å². The van der Waals surface area contributed by atoms with Gasteiger partial charge in [-0.05, 0) is 29.6 Å². The second-order valence-electron chi connectivity index (χ2n) is 4.23. The summed E-state index contributed by atoms with van der Waals surface area (Å²) < 4.78 is 1.74. The first kappa shape index (κ1) is 13.2. The molecule has 0 radical (unpaired) electrons. The van der Waals surface area contributed by atoms with Gasteiger partial charge in [0.05, 0.1) is 14.9 Å². The topological polar surface area (TPSA) is 43.1 Å². The van der Waals surface area contributed by atoms with Crippen LogP contribution < -0.4 is 0 Å².